The summed E-state index contributed by atoms with van der Waals surface area (Å²) in [5.41, 5.74) is 4.59. The monoisotopic (exact) mass is 404 g/mol. The molecule has 27 heavy (non-hydrogen) atoms. The molecule has 0 unspecified atom stereocenters. The van der Waals surface area contributed by atoms with Gasteiger partial charge in [-0.1, -0.05) is 47.5 Å². The Balaban J connectivity index is 1.37. The SMILES string of the molecule is O=C(CCN1CCN(c2ccccc2)CC1)N/N=C\c1ccc(Cl)c(Cl)c1. The van der Waals surface area contributed by atoms with Crippen molar-refractivity contribution in [2.24, 2.45) is 5.10 Å². The van der Waals surface area contributed by atoms with Crippen molar-refractivity contribution in [2.75, 3.05) is 37.6 Å². The quantitative estimate of drug-likeness (QED) is 0.590. The molecular formula is C20H22Cl2N4O. The molecule has 5 nitrogen and oxygen atoms in total. The normalized spacial score (nSPS) is 15.3. The highest BCUT2D eigenvalue weighted by Crippen LogP contribution is 2.21. The number of carbonyl (C=O) groups is 1. The third kappa shape index (κ3) is 5.96. The van der Waals surface area contributed by atoms with Crippen LogP contribution in [0.15, 0.2) is 53.6 Å². The number of hydrazone groups is 1. The van der Waals surface area contributed by atoms with Crippen LogP contribution < -0.4 is 10.3 Å². The molecule has 0 saturated carbocycles. The summed E-state index contributed by atoms with van der Waals surface area (Å²) in [5.74, 6) is -0.100. The van der Waals surface area contributed by atoms with Crippen molar-refractivity contribution in [1.82, 2.24) is 10.3 Å². The minimum Gasteiger partial charge on any atom is -0.369 e. The zero-order chi connectivity index (χ0) is 19.1. The van der Waals surface area contributed by atoms with E-state index in [1.807, 2.05) is 6.07 Å². The van der Waals surface area contributed by atoms with Gasteiger partial charge in [0.15, 0.2) is 0 Å². The zero-order valence-corrected chi connectivity index (χ0v) is 16.5. The number of carbonyl (C=O) groups excluding carboxylic acids is 1. The lowest BCUT2D eigenvalue weighted by atomic mass is 10.2. The molecular weight excluding hydrogens is 383 g/mol. The number of piperazine rings is 1. The molecule has 1 aliphatic heterocycles. The van der Waals surface area contributed by atoms with Crippen molar-refractivity contribution < 1.29 is 4.79 Å². The van der Waals surface area contributed by atoms with Crippen molar-refractivity contribution >= 4 is 41.0 Å². The van der Waals surface area contributed by atoms with E-state index in [9.17, 15) is 4.79 Å². The second-order valence-electron chi connectivity index (χ2n) is 6.38. The molecule has 0 aliphatic carbocycles. The molecule has 0 radical (unpaired) electrons. The molecule has 0 atom stereocenters. The Hall–Kier alpha value is -2.08. The number of amides is 1. The van der Waals surface area contributed by atoms with Crippen molar-refractivity contribution in [3.63, 3.8) is 0 Å². The van der Waals surface area contributed by atoms with Crippen molar-refractivity contribution in [3.05, 3.63) is 64.1 Å². The van der Waals surface area contributed by atoms with E-state index in [2.05, 4.69) is 44.6 Å². The third-order valence-electron chi connectivity index (χ3n) is 4.50. The van der Waals surface area contributed by atoms with Gasteiger partial charge >= 0.3 is 0 Å². The Morgan fingerprint density at radius 3 is 2.48 bits per heavy atom. The van der Waals surface area contributed by atoms with Crippen LogP contribution in [0, 0.1) is 0 Å². The molecule has 0 spiro atoms. The first-order valence-electron chi connectivity index (χ1n) is 8.91. The number of para-hydroxylation sites is 1. The molecule has 0 aromatic heterocycles. The molecule has 2 aromatic carbocycles. The first kappa shape index (κ1) is 19.7. The first-order valence-corrected chi connectivity index (χ1v) is 9.67. The maximum absolute atomic E-state index is 12.0. The van der Waals surface area contributed by atoms with E-state index in [-0.39, 0.29) is 5.91 Å². The fourth-order valence-electron chi connectivity index (χ4n) is 2.96. The summed E-state index contributed by atoms with van der Waals surface area (Å²) in [6.45, 7) is 4.59. The van der Waals surface area contributed by atoms with Gasteiger partial charge in [0.25, 0.3) is 0 Å². The van der Waals surface area contributed by atoms with Crippen LogP contribution in [0.5, 0.6) is 0 Å². The van der Waals surface area contributed by atoms with E-state index >= 15 is 0 Å². The Kier molecular flexibility index (Phi) is 7.10. The van der Waals surface area contributed by atoms with E-state index in [0.717, 1.165) is 38.3 Å². The van der Waals surface area contributed by atoms with Crippen molar-refractivity contribution in [1.29, 1.82) is 0 Å². The smallest absolute Gasteiger partial charge is 0.241 e. The first-order chi connectivity index (χ1) is 13.1. The highest BCUT2D eigenvalue weighted by atomic mass is 35.5. The van der Waals surface area contributed by atoms with Gasteiger partial charge < -0.3 is 4.90 Å². The second-order valence-corrected chi connectivity index (χ2v) is 7.20. The summed E-state index contributed by atoms with van der Waals surface area (Å²) in [6.07, 6.45) is 1.97. The lowest BCUT2D eigenvalue weighted by Gasteiger charge is -2.36. The standard InChI is InChI=1S/C20H22Cl2N4O/c21-18-7-6-16(14-19(18)22)15-23-24-20(27)8-9-25-10-12-26(13-11-25)17-4-2-1-3-5-17/h1-7,14-15H,8-13H2,(H,24,27)/b23-15-. The lowest BCUT2D eigenvalue weighted by Crippen LogP contribution is -2.47. The predicted molar refractivity (Wildman–Crippen MR) is 112 cm³/mol. The number of rotatable bonds is 6. The largest absolute Gasteiger partial charge is 0.369 e. The van der Waals surface area contributed by atoms with Gasteiger partial charge in [-0.15, -0.1) is 0 Å². The summed E-state index contributed by atoms with van der Waals surface area (Å²) >= 11 is 11.8. The fourth-order valence-corrected chi connectivity index (χ4v) is 3.26. The average molecular weight is 405 g/mol. The van der Waals surface area contributed by atoms with Crippen LogP contribution in [-0.2, 0) is 4.79 Å². The molecule has 142 valence electrons. The van der Waals surface area contributed by atoms with Gasteiger partial charge in [0.2, 0.25) is 5.91 Å². The van der Waals surface area contributed by atoms with Gasteiger partial charge in [0.1, 0.15) is 0 Å². The van der Waals surface area contributed by atoms with Gasteiger partial charge in [-0.3, -0.25) is 9.69 Å². The van der Waals surface area contributed by atoms with Crippen LogP contribution in [0.25, 0.3) is 0 Å². The lowest BCUT2D eigenvalue weighted by molar-refractivity contribution is -0.121. The highest BCUT2D eigenvalue weighted by Gasteiger charge is 2.17. The van der Waals surface area contributed by atoms with Gasteiger partial charge in [-0.25, -0.2) is 5.43 Å². The van der Waals surface area contributed by atoms with Crippen LogP contribution in [0.3, 0.4) is 0 Å². The summed E-state index contributed by atoms with van der Waals surface area (Å²) < 4.78 is 0. The number of hydrogen-bond acceptors (Lipinski definition) is 4. The number of nitrogens with one attached hydrogen (secondary N) is 1. The highest BCUT2D eigenvalue weighted by molar-refractivity contribution is 6.42. The van der Waals surface area contributed by atoms with Gasteiger partial charge in [0, 0.05) is 44.8 Å². The van der Waals surface area contributed by atoms with Gasteiger partial charge in [-0.05, 0) is 29.8 Å². The van der Waals surface area contributed by atoms with Gasteiger partial charge in [0.05, 0.1) is 16.3 Å². The van der Waals surface area contributed by atoms with Crippen molar-refractivity contribution in [3.8, 4) is 0 Å². The Morgan fingerprint density at radius 2 is 1.78 bits per heavy atom. The van der Waals surface area contributed by atoms with Crippen LogP contribution >= 0.6 is 23.2 Å². The van der Waals surface area contributed by atoms with E-state index in [1.165, 1.54) is 5.69 Å². The maximum atomic E-state index is 12.0. The number of anilines is 1. The maximum Gasteiger partial charge on any atom is 0.241 e. The third-order valence-corrected chi connectivity index (χ3v) is 5.23. The topological polar surface area (TPSA) is 47.9 Å². The fraction of sp³-hybridized carbons (Fsp3) is 0.300. The van der Waals surface area contributed by atoms with E-state index < -0.39 is 0 Å². The van der Waals surface area contributed by atoms with E-state index in [0.29, 0.717) is 16.5 Å². The molecule has 1 N–H and O–H groups in total. The summed E-state index contributed by atoms with van der Waals surface area (Å²) in [5, 5.41) is 4.93. The van der Waals surface area contributed by atoms with Crippen LogP contribution in [0.4, 0.5) is 5.69 Å². The Bertz CT molecular complexity index is 790. The minimum absolute atomic E-state index is 0.100. The predicted octanol–water partition coefficient (Wildman–Crippen LogP) is 3.66. The molecule has 1 heterocycles. The Labute approximate surface area is 169 Å². The van der Waals surface area contributed by atoms with E-state index in [4.69, 9.17) is 23.2 Å². The summed E-state index contributed by atoms with van der Waals surface area (Å²) in [4.78, 5) is 16.7. The number of benzene rings is 2. The van der Waals surface area contributed by atoms with Gasteiger partial charge in [-0.2, -0.15) is 5.10 Å². The molecule has 2 aromatic rings. The van der Waals surface area contributed by atoms with Crippen LogP contribution in [-0.4, -0.2) is 49.7 Å². The average Bonchev–Trinajstić information content (AvgIpc) is 2.70. The number of hydrogen-bond donors (Lipinski definition) is 1. The molecule has 1 fully saturated rings. The second kappa shape index (κ2) is 9.74. The Morgan fingerprint density at radius 1 is 1.04 bits per heavy atom. The molecule has 7 heteroatoms. The molecule has 0 bridgehead atoms. The van der Waals surface area contributed by atoms with E-state index in [1.54, 1.807) is 24.4 Å². The molecule has 1 amide bonds. The van der Waals surface area contributed by atoms with Crippen molar-refractivity contribution in [2.45, 2.75) is 6.42 Å². The zero-order valence-electron chi connectivity index (χ0n) is 14.9. The molecule has 1 aliphatic rings. The molecule has 3 rings (SSSR count). The van der Waals surface area contributed by atoms with Crippen LogP contribution in [0.2, 0.25) is 10.0 Å². The summed E-state index contributed by atoms with van der Waals surface area (Å²) in [6, 6.07) is 15.6. The molecule has 1 saturated heterocycles. The number of halogens is 2. The minimum atomic E-state index is -0.100. The number of nitrogens with zero attached hydrogens (tertiary/aromatic N) is 3. The summed E-state index contributed by atoms with van der Waals surface area (Å²) in [7, 11) is 0. The van der Waals surface area contributed by atoms with Crippen LogP contribution in [0.1, 0.15) is 12.0 Å².